The number of benzene rings is 1. The molecular weight excluding hydrogens is 230 g/mol. The number of oxazole rings is 1. The molecule has 5 heteroatoms. The van der Waals surface area contributed by atoms with E-state index in [1.54, 1.807) is 6.07 Å². The van der Waals surface area contributed by atoms with E-state index < -0.39 is 0 Å². The summed E-state index contributed by atoms with van der Waals surface area (Å²) in [5, 5.41) is 3.27. The van der Waals surface area contributed by atoms with Crippen LogP contribution in [0.15, 0.2) is 29.0 Å². The summed E-state index contributed by atoms with van der Waals surface area (Å²) in [5.41, 5.74) is 2.09. The van der Waals surface area contributed by atoms with Crippen molar-refractivity contribution in [3.8, 4) is 0 Å². The first-order valence-corrected chi connectivity index (χ1v) is 6.10. The highest BCUT2D eigenvalue weighted by atomic mass is 16.3. The standard InChI is InChI=1S/C13H15N3O2/c1-9-7-14-4-5-16(9)13(17)10-2-3-11-12(6-10)18-8-15-11/h2-3,6,8-9,14H,4-5,7H2,1H3. The van der Waals surface area contributed by atoms with Crippen LogP contribution >= 0.6 is 0 Å². The molecule has 0 aliphatic carbocycles. The molecule has 1 atom stereocenters. The van der Waals surface area contributed by atoms with Crippen molar-refractivity contribution in [1.29, 1.82) is 0 Å². The number of hydrogen-bond donors (Lipinski definition) is 1. The van der Waals surface area contributed by atoms with E-state index in [-0.39, 0.29) is 11.9 Å². The number of carbonyl (C=O) groups excluding carboxylic acids is 1. The fourth-order valence-corrected chi connectivity index (χ4v) is 2.30. The molecule has 0 bridgehead atoms. The van der Waals surface area contributed by atoms with Crippen molar-refractivity contribution in [1.82, 2.24) is 15.2 Å². The molecule has 18 heavy (non-hydrogen) atoms. The Kier molecular flexibility index (Phi) is 2.76. The van der Waals surface area contributed by atoms with Gasteiger partial charge < -0.3 is 14.6 Å². The second-order valence-corrected chi connectivity index (χ2v) is 4.59. The largest absolute Gasteiger partial charge is 0.443 e. The van der Waals surface area contributed by atoms with Gasteiger partial charge >= 0.3 is 0 Å². The van der Waals surface area contributed by atoms with Crippen LogP contribution in [0.2, 0.25) is 0 Å². The fourth-order valence-electron chi connectivity index (χ4n) is 2.30. The molecule has 1 unspecified atom stereocenters. The molecule has 1 aliphatic heterocycles. The average molecular weight is 245 g/mol. The van der Waals surface area contributed by atoms with E-state index in [1.165, 1.54) is 6.39 Å². The van der Waals surface area contributed by atoms with Gasteiger partial charge in [0, 0.05) is 31.2 Å². The summed E-state index contributed by atoms with van der Waals surface area (Å²) in [7, 11) is 0. The molecule has 1 N–H and O–H groups in total. The molecular formula is C13H15N3O2. The van der Waals surface area contributed by atoms with Crippen molar-refractivity contribution < 1.29 is 9.21 Å². The summed E-state index contributed by atoms with van der Waals surface area (Å²) < 4.78 is 5.23. The third-order valence-electron chi connectivity index (χ3n) is 3.34. The lowest BCUT2D eigenvalue weighted by molar-refractivity contribution is 0.0656. The summed E-state index contributed by atoms with van der Waals surface area (Å²) in [5.74, 6) is 0.0577. The first kappa shape index (κ1) is 11.2. The number of nitrogens with one attached hydrogen (secondary N) is 1. The Bertz CT molecular complexity index is 578. The zero-order chi connectivity index (χ0) is 12.5. The Morgan fingerprint density at radius 1 is 1.56 bits per heavy atom. The Balaban J connectivity index is 1.90. The SMILES string of the molecule is CC1CNCCN1C(=O)c1ccc2ncoc2c1. The van der Waals surface area contributed by atoms with Crippen molar-refractivity contribution in [2.45, 2.75) is 13.0 Å². The molecule has 2 heterocycles. The van der Waals surface area contributed by atoms with Crippen molar-refractivity contribution in [2.75, 3.05) is 19.6 Å². The van der Waals surface area contributed by atoms with Crippen LogP contribution in [0.1, 0.15) is 17.3 Å². The lowest BCUT2D eigenvalue weighted by Crippen LogP contribution is -2.52. The van der Waals surface area contributed by atoms with Crippen molar-refractivity contribution in [3.63, 3.8) is 0 Å². The van der Waals surface area contributed by atoms with Gasteiger partial charge in [0.2, 0.25) is 0 Å². The van der Waals surface area contributed by atoms with Gasteiger partial charge in [0.05, 0.1) is 0 Å². The Morgan fingerprint density at radius 3 is 3.28 bits per heavy atom. The van der Waals surface area contributed by atoms with Gasteiger partial charge in [-0.05, 0) is 25.1 Å². The van der Waals surface area contributed by atoms with Crippen LogP contribution in [0.4, 0.5) is 0 Å². The van der Waals surface area contributed by atoms with Crippen LogP contribution in [-0.4, -0.2) is 41.5 Å². The van der Waals surface area contributed by atoms with Gasteiger partial charge in [-0.1, -0.05) is 0 Å². The quantitative estimate of drug-likeness (QED) is 0.821. The number of rotatable bonds is 1. The van der Waals surface area contributed by atoms with E-state index >= 15 is 0 Å². The maximum absolute atomic E-state index is 12.4. The van der Waals surface area contributed by atoms with Gasteiger partial charge in [-0.2, -0.15) is 0 Å². The Hall–Kier alpha value is -1.88. The zero-order valence-corrected chi connectivity index (χ0v) is 10.2. The molecule has 94 valence electrons. The van der Waals surface area contributed by atoms with Crippen LogP contribution in [-0.2, 0) is 0 Å². The normalized spacial score (nSPS) is 20.3. The summed E-state index contributed by atoms with van der Waals surface area (Å²) in [6.07, 6.45) is 1.40. The van der Waals surface area contributed by atoms with Gasteiger partial charge in [-0.15, -0.1) is 0 Å². The van der Waals surface area contributed by atoms with Crippen molar-refractivity contribution >= 4 is 17.0 Å². The van der Waals surface area contributed by atoms with E-state index in [1.807, 2.05) is 17.0 Å². The number of amides is 1. The molecule has 1 aliphatic rings. The predicted octanol–water partition coefficient (Wildman–Crippen LogP) is 1.26. The fraction of sp³-hybridized carbons (Fsp3) is 0.385. The van der Waals surface area contributed by atoms with Crippen LogP contribution in [0.25, 0.3) is 11.1 Å². The summed E-state index contributed by atoms with van der Waals surface area (Å²) in [6, 6.07) is 5.61. The third kappa shape index (κ3) is 1.86. The average Bonchev–Trinajstić information content (AvgIpc) is 2.85. The van der Waals surface area contributed by atoms with Crippen LogP contribution in [0, 0.1) is 0 Å². The highest BCUT2D eigenvalue weighted by Crippen LogP contribution is 2.17. The number of piperazine rings is 1. The summed E-state index contributed by atoms with van der Waals surface area (Å²) in [4.78, 5) is 18.4. The van der Waals surface area contributed by atoms with Crippen molar-refractivity contribution in [3.05, 3.63) is 30.2 Å². The van der Waals surface area contributed by atoms with E-state index in [9.17, 15) is 4.79 Å². The number of fused-ring (bicyclic) bond motifs is 1. The molecule has 3 rings (SSSR count). The lowest BCUT2D eigenvalue weighted by Gasteiger charge is -2.34. The van der Waals surface area contributed by atoms with E-state index in [0.29, 0.717) is 11.1 Å². The highest BCUT2D eigenvalue weighted by molar-refractivity contribution is 5.97. The Labute approximate surface area is 105 Å². The van der Waals surface area contributed by atoms with Gasteiger partial charge in [-0.25, -0.2) is 4.98 Å². The smallest absolute Gasteiger partial charge is 0.254 e. The topological polar surface area (TPSA) is 58.4 Å². The number of aromatic nitrogens is 1. The highest BCUT2D eigenvalue weighted by Gasteiger charge is 2.24. The molecule has 1 saturated heterocycles. The predicted molar refractivity (Wildman–Crippen MR) is 67.4 cm³/mol. The summed E-state index contributed by atoms with van der Waals surface area (Å²) >= 11 is 0. The van der Waals surface area contributed by atoms with Gasteiger partial charge in [-0.3, -0.25) is 4.79 Å². The third-order valence-corrected chi connectivity index (χ3v) is 3.34. The van der Waals surface area contributed by atoms with Crippen LogP contribution in [0.5, 0.6) is 0 Å². The van der Waals surface area contributed by atoms with E-state index in [0.717, 1.165) is 25.2 Å². The van der Waals surface area contributed by atoms with Gasteiger partial charge in [0.15, 0.2) is 12.0 Å². The molecule has 5 nitrogen and oxygen atoms in total. The molecule has 1 fully saturated rings. The minimum absolute atomic E-state index is 0.0577. The Morgan fingerprint density at radius 2 is 2.44 bits per heavy atom. The molecule has 0 radical (unpaired) electrons. The van der Waals surface area contributed by atoms with Crippen molar-refractivity contribution in [2.24, 2.45) is 0 Å². The monoisotopic (exact) mass is 245 g/mol. The van der Waals surface area contributed by atoms with Gasteiger partial charge in [0.1, 0.15) is 5.52 Å². The van der Waals surface area contributed by atoms with Gasteiger partial charge in [0.25, 0.3) is 5.91 Å². The first-order chi connectivity index (χ1) is 8.75. The molecule has 0 spiro atoms. The molecule has 1 aromatic carbocycles. The number of carbonyl (C=O) groups is 1. The second kappa shape index (κ2) is 4.42. The minimum Gasteiger partial charge on any atom is -0.443 e. The van der Waals surface area contributed by atoms with Crippen LogP contribution < -0.4 is 5.32 Å². The molecule has 1 aromatic heterocycles. The molecule has 1 amide bonds. The molecule has 2 aromatic rings. The zero-order valence-electron chi connectivity index (χ0n) is 10.2. The maximum Gasteiger partial charge on any atom is 0.254 e. The molecule has 0 saturated carbocycles. The first-order valence-electron chi connectivity index (χ1n) is 6.10. The maximum atomic E-state index is 12.4. The number of nitrogens with zero attached hydrogens (tertiary/aromatic N) is 2. The number of hydrogen-bond acceptors (Lipinski definition) is 4. The summed E-state index contributed by atoms with van der Waals surface area (Å²) in [6.45, 7) is 4.49. The van der Waals surface area contributed by atoms with Crippen LogP contribution in [0.3, 0.4) is 0 Å². The van der Waals surface area contributed by atoms with E-state index in [2.05, 4.69) is 17.2 Å². The minimum atomic E-state index is 0.0577. The lowest BCUT2D eigenvalue weighted by atomic mass is 10.1. The van der Waals surface area contributed by atoms with E-state index in [4.69, 9.17) is 4.42 Å². The second-order valence-electron chi connectivity index (χ2n) is 4.59.